The van der Waals surface area contributed by atoms with Crippen LogP contribution in [0.25, 0.3) is 5.69 Å². The van der Waals surface area contributed by atoms with Gasteiger partial charge in [-0.25, -0.2) is 0 Å². The number of nitrogens with one attached hydrogen (secondary N) is 1. The number of halogens is 1. The lowest BCUT2D eigenvalue weighted by Gasteiger charge is -2.28. The number of phenols is 1. The van der Waals surface area contributed by atoms with Gasteiger partial charge in [-0.3, -0.25) is 4.98 Å². The lowest BCUT2D eigenvalue weighted by atomic mass is 9.96. The van der Waals surface area contributed by atoms with Crippen LogP contribution in [0, 0.1) is 13.8 Å². The Labute approximate surface area is 214 Å². The average Bonchev–Trinajstić information content (AvgIpc) is 3.35. The quantitative estimate of drug-likeness (QED) is 0.323. The first-order chi connectivity index (χ1) is 16.9. The van der Waals surface area contributed by atoms with Gasteiger partial charge in [-0.05, 0) is 92.3 Å². The average molecular weight is 505 g/mol. The summed E-state index contributed by atoms with van der Waals surface area (Å²) in [6.45, 7) is 4.16. The molecule has 5 rings (SSSR count). The van der Waals surface area contributed by atoms with Gasteiger partial charge in [0.1, 0.15) is 11.5 Å². The van der Waals surface area contributed by atoms with Crippen molar-refractivity contribution in [3.63, 3.8) is 0 Å². The first-order valence-corrected chi connectivity index (χ1v) is 12.0. The van der Waals surface area contributed by atoms with Crippen molar-refractivity contribution in [1.82, 2.24) is 14.9 Å². The summed E-state index contributed by atoms with van der Waals surface area (Å²) in [5, 5.41) is 14.6. The number of pyridine rings is 1. The third-order valence-electron chi connectivity index (χ3n) is 6.40. The van der Waals surface area contributed by atoms with Crippen LogP contribution in [-0.2, 0) is 0 Å². The number of aryl methyl sites for hydroxylation is 1. The highest BCUT2D eigenvalue weighted by Crippen LogP contribution is 2.44. The Morgan fingerprint density at radius 1 is 1.06 bits per heavy atom. The zero-order chi connectivity index (χ0) is 24.7. The zero-order valence-corrected chi connectivity index (χ0v) is 21.1. The van der Waals surface area contributed by atoms with Crippen LogP contribution in [0.5, 0.6) is 11.5 Å². The fourth-order valence-electron chi connectivity index (χ4n) is 4.86. The fraction of sp³-hybridized carbons (Fsp3) is 0.185. The molecule has 6 nitrogen and oxygen atoms in total. The largest absolute Gasteiger partial charge is 0.508 e. The van der Waals surface area contributed by atoms with Crippen LogP contribution in [-0.4, -0.2) is 26.9 Å². The van der Waals surface area contributed by atoms with Crippen LogP contribution < -0.4 is 15.0 Å². The minimum atomic E-state index is -0.174. The van der Waals surface area contributed by atoms with Crippen molar-refractivity contribution in [2.75, 3.05) is 12.0 Å². The molecule has 2 N–H and O–H groups in total. The Hall–Kier alpha value is -3.55. The molecular formula is C27H25ClN4O2S. The molecular weight excluding hydrogens is 480 g/mol. The highest BCUT2D eigenvalue weighted by atomic mass is 35.5. The molecule has 2 atom stereocenters. The zero-order valence-electron chi connectivity index (χ0n) is 19.6. The van der Waals surface area contributed by atoms with E-state index in [0.717, 1.165) is 39.8 Å². The van der Waals surface area contributed by atoms with Crippen molar-refractivity contribution in [2.45, 2.75) is 25.9 Å². The third kappa shape index (κ3) is 4.11. The second-order valence-corrected chi connectivity index (χ2v) is 9.31. The SMILES string of the molecule is COc1ccc(Cl)cc1-n1c(C)cc([C@H]2[C@H](c3ccccn3)NC(=S)N2c2ccc(O)cc2)c1C. The molecule has 0 saturated carbocycles. The van der Waals surface area contributed by atoms with E-state index in [1.165, 1.54) is 0 Å². The van der Waals surface area contributed by atoms with Crippen LogP contribution in [0.4, 0.5) is 5.69 Å². The van der Waals surface area contributed by atoms with E-state index in [2.05, 4.69) is 39.7 Å². The third-order valence-corrected chi connectivity index (χ3v) is 6.95. The van der Waals surface area contributed by atoms with Crippen LogP contribution in [0.3, 0.4) is 0 Å². The first kappa shape index (κ1) is 23.2. The first-order valence-electron chi connectivity index (χ1n) is 11.2. The molecule has 3 heterocycles. The lowest BCUT2D eigenvalue weighted by Crippen LogP contribution is -2.29. The van der Waals surface area contributed by atoms with Gasteiger partial charge in [-0.1, -0.05) is 17.7 Å². The second-order valence-electron chi connectivity index (χ2n) is 8.49. The number of benzene rings is 2. The molecule has 0 unspecified atom stereocenters. The summed E-state index contributed by atoms with van der Waals surface area (Å²) >= 11 is 12.2. The summed E-state index contributed by atoms with van der Waals surface area (Å²) in [5.41, 5.74) is 5.84. The standard InChI is InChI=1S/C27H25ClN4O2S/c1-16-14-21(17(2)31(16)23-15-18(28)7-12-24(23)34-3)26-25(22-6-4-5-13-29-22)30-27(35)32(26)19-8-10-20(33)11-9-19/h4-15,25-26,33H,1-3H3,(H,30,35)/t25-,26-/m0/s1. The molecule has 2 aromatic heterocycles. The molecule has 35 heavy (non-hydrogen) atoms. The van der Waals surface area contributed by atoms with E-state index in [4.69, 9.17) is 28.6 Å². The molecule has 0 bridgehead atoms. The highest BCUT2D eigenvalue weighted by molar-refractivity contribution is 7.80. The highest BCUT2D eigenvalue weighted by Gasteiger charge is 2.42. The Balaban J connectivity index is 1.70. The van der Waals surface area contributed by atoms with Gasteiger partial charge in [0.15, 0.2) is 5.11 Å². The van der Waals surface area contributed by atoms with Gasteiger partial charge in [0.25, 0.3) is 0 Å². The molecule has 1 aliphatic rings. The Kier molecular flexibility index (Phi) is 6.13. The maximum atomic E-state index is 9.86. The molecule has 1 aliphatic heterocycles. The Morgan fingerprint density at radius 3 is 2.51 bits per heavy atom. The van der Waals surface area contributed by atoms with E-state index >= 15 is 0 Å². The van der Waals surface area contributed by atoms with Gasteiger partial charge in [-0.2, -0.15) is 0 Å². The number of nitrogens with zero attached hydrogens (tertiary/aromatic N) is 3. The molecule has 8 heteroatoms. The molecule has 0 radical (unpaired) electrons. The predicted molar refractivity (Wildman–Crippen MR) is 143 cm³/mol. The van der Waals surface area contributed by atoms with Crippen LogP contribution in [0.1, 0.15) is 34.7 Å². The van der Waals surface area contributed by atoms with Crippen LogP contribution >= 0.6 is 23.8 Å². The number of aromatic hydroxyl groups is 1. The second kappa shape index (κ2) is 9.24. The van der Waals surface area contributed by atoms with E-state index in [1.807, 2.05) is 48.5 Å². The number of ether oxygens (including phenoxy) is 1. The van der Waals surface area contributed by atoms with Gasteiger partial charge in [0, 0.05) is 28.3 Å². The van der Waals surface area contributed by atoms with Gasteiger partial charge >= 0.3 is 0 Å². The molecule has 0 amide bonds. The minimum absolute atomic E-state index is 0.173. The van der Waals surface area contributed by atoms with Gasteiger partial charge in [-0.15, -0.1) is 0 Å². The smallest absolute Gasteiger partial charge is 0.174 e. The van der Waals surface area contributed by atoms with Crippen molar-refractivity contribution in [3.8, 4) is 17.2 Å². The van der Waals surface area contributed by atoms with E-state index < -0.39 is 0 Å². The predicted octanol–water partition coefficient (Wildman–Crippen LogP) is 6.03. The molecule has 2 aromatic carbocycles. The van der Waals surface area contributed by atoms with Crippen molar-refractivity contribution >= 4 is 34.6 Å². The summed E-state index contributed by atoms with van der Waals surface area (Å²) in [4.78, 5) is 6.73. The molecule has 0 spiro atoms. The summed E-state index contributed by atoms with van der Waals surface area (Å²) in [7, 11) is 1.66. The van der Waals surface area contributed by atoms with Crippen molar-refractivity contribution in [2.24, 2.45) is 0 Å². The number of rotatable bonds is 5. The van der Waals surface area contributed by atoms with Crippen LogP contribution in [0.2, 0.25) is 5.02 Å². The van der Waals surface area contributed by atoms with Crippen LogP contribution in [0.15, 0.2) is 72.9 Å². The van der Waals surface area contributed by atoms with E-state index in [1.54, 1.807) is 25.4 Å². The lowest BCUT2D eigenvalue weighted by molar-refractivity contribution is 0.412. The Bertz CT molecular complexity index is 1390. The molecule has 1 saturated heterocycles. The number of hydrogen-bond acceptors (Lipinski definition) is 4. The minimum Gasteiger partial charge on any atom is -0.508 e. The molecule has 4 aromatic rings. The number of phenolic OH excluding ortho intramolecular Hbond substituents is 1. The van der Waals surface area contributed by atoms with E-state index in [-0.39, 0.29) is 17.8 Å². The van der Waals surface area contributed by atoms with Gasteiger partial charge < -0.3 is 24.6 Å². The van der Waals surface area contributed by atoms with E-state index in [9.17, 15) is 5.11 Å². The number of aromatic nitrogens is 2. The summed E-state index contributed by atoms with van der Waals surface area (Å²) < 4.78 is 7.81. The summed E-state index contributed by atoms with van der Waals surface area (Å²) in [6, 6.07) is 20.4. The number of anilines is 1. The number of thiocarbonyl (C=S) groups is 1. The molecule has 1 fully saturated rings. The maximum absolute atomic E-state index is 9.86. The van der Waals surface area contributed by atoms with Crippen molar-refractivity contribution in [1.29, 1.82) is 0 Å². The monoisotopic (exact) mass is 504 g/mol. The summed E-state index contributed by atoms with van der Waals surface area (Å²) in [6.07, 6.45) is 1.79. The van der Waals surface area contributed by atoms with E-state index in [0.29, 0.717) is 10.1 Å². The van der Waals surface area contributed by atoms with Gasteiger partial charge in [0.2, 0.25) is 0 Å². The number of methoxy groups -OCH3 is 1. The van der Waals surface area contributed by atoms with Crippen molar-refractivity contribution < 1.29 is 9.84 Å². The van der Waals surface area contributed by atoms with Crippen molar-refractivity contribution in [3.05, 3.63) is 101 Å². The fourth-order valence-corrected chi connectivity index (χ4v) is 5.37. The molecule has 178 valence electrons. The Morgan fingerprint density at radius 2 is 1.83 bits per heavy atom. The summed E-state index contributed by atoms with van der Waals surface area (Å²) in [5.74, 6) is 0.940. The normalized spacial score (nSPS) is 17.5. The number of hydrogen-bond donors (Lipinski definition) is 2. The van der Waals surface area contributed by atoms with Gasteiger partial charge in [0.05, 0.1) is 30.6 Å². The maximum Gasteiger partial charge on any atom is 0.174 e. The molecule has 0 aliphatic carbocycles. The topological polar surface area (TPSA) is 62.5 Å².